The minimum atomic E-state index is -0.279. The second-order valence-electron chi connectivity index (χ2n) is 7.31. The lowest BCUT2D eigenvalue weighted by molar-refractivity contribution is 0.0955. The lowest BCUT2D eigenvalue weighted by Crippen LogP contribution is -2.17. The van der Waals surface area contributed by atoms with Crippen LogP contribution in [0.1, 0.15) is 28.4 Å². The number of hydrazone groups is 1. The number of nitrogens with zero attached hydrogens (tertiary/aromatic N) is 2. The Morgan fingerprint density at radius 1 is 1.09 bits per heavy atom. The van der Waals surface area contributed by atoms with Crippen LogP contribution in [0.5, 0.6) is 5.75 Å². The summed E-state index contributed by atoms with van der Waals surface area (Å²) in [5.41, 5.74) is 7.93. The zero-order valence-electron chi connectivity index (χ0n) is 18.4. The maximum Gasteiger partial charge on any atom is 0.271 e. The number of aryl methyl sites for hydroxylation is 1. The van der Waals surface area contributed by atoms with Gasteiger partial charge in [-0.3, -0.25) is 4.79 Å². The first kappa shape index (κ1) is 22.2. The predicted molar refractivity (Wildman–Crippen MR) is 135 cm³/mol. The SMILES string of the molecule is CCOc1cccc(/C=N\NC(=O)c2ccc(-c3csc(Nc4ccc(C)cc4)n3)cc2)c1. The molecule has 1 heterocycles. The molecule has 33 heavy (non-hydrogen) atoms. The molecule has 3 aromatic carbocycles. The van der Waals surface area contributed by atoms with E-state index in [0.717, 1.165) is 33.4 Å². The summed E-state index contributed by atoms with van der Waals surface area (Å²) in [6.07, 6.45) is 1.59. The largest absolute Gasteiger partial charge is 0.494 e. The Labute approximate surface area is 197 Å². The molecule has 2 N–H and O–H groups in total. The summed E-state index contributed by atoms with van der Waals surface area (Å²) < 4.78 is 5.47. The van der Waals surface area contributed by atoms with Gasteiger partial charge < -0.3 is 10.1 Å². The van der Waals surface area contributed by atoms with Gasteiger partial charge in [0.15, 0.2) is 5.13 Å². The third-order valence-corrected chi connectivity index (χ3v) is 5.56. The van der Waals surface area contributed by atoms with Crippen LogP contribution in [-0.2, 0) is 0 Å². The maximum atomic E-state index is 12.4. The van der Waals surface area contributed by atoms with Crippen LogP contribution >= 0.6 is 11.3 Å². The maximum absolute atomic E-state index is 12.4. The molecule has 4 aromatic rings. The Balaban J connectivity index is 1.36. The molecule has 0 atom stereocenters. The molecule has 0 saturated carbocycles. The highest BCUT2D eigenvalue weighted by atomic mass is 32.1. The van der Waals surface area contributed by atoms with Gasteiger partial charge >= 0.3 is 0 Å². The lowest BCUT2D eigenvalue weighted by atomic mass is 10.1. The molecule has 0 aliphatic carbocycles. The van der Waals surface area contributed by atoms with Crippen molar-refractivity contribution in [3.8, 4) is 17.0 Å². The van der Waals surface area contributed by atoms with Crippen LogP contribution in [0, 0.1) is 6.92 Å². The molecule has 0 spiro atoms. The zero-order chi connectivity index (χ0) is 23.0. The zero-order valence-corrected chi connectivity index (χ0v) is 19.2. The number of thiazole rings is 1. The average Bonchev–Trinajstić information content (AvgIpc) is 3.30. The number of benzene rings is 3. The van der Waals surface area contributed by atoms with Gasteiger partial charge in [0.2, 0.25) is 0 Å². The van der Waals surface area contributed by atoms with Crippen molar-refractivity contribution in [2.24, 2.45) is 5.10 Å². The molecule has 166 valence electrons. The van der Waals surface area contributed by atoms with Crippen LogP contribution in [-0.4, -0.2) is 23.7 Å². The molecule has 0 radical (unpaired) electrons. The summed E-state index contributed by atoms with van der Waals surface area (Å²) in [5, 5.41) is 10.2. The van der Waals surface area contributed by atoms with Crippen LogP contribution in [0.3, 0.4) is 0 Å². The Hall–Kier alpha value is -3.97. The van der Waals surface area contributed by atoms with Crippen molar-refractivity contribution in [3.63, 3.8) is 0 Å². The molecule has 0 aliphatic heterocycles. The number of nitrogens with one attached hydrogen (secondary N) is 2. The number of anilines is 2. The summed E-state index contributed by atoms with van der Waals surface area (Å²) >= 11 is 1.54. The molecule has 0 fully saturated rings. The summed E-state index contributed by atoms with van der Waals surface area (Å²) in [5.74, 6) is 0.487. The Morgan fingerprint density at radius 3 is 2.64 bits per heavy atom. The number of hydrogen-bond donors (Lipinski definition) is 2. The van der Waals surface area contributed by atoms with Crippen molar-refractivity contribution in [1.29, 1.82) is 0 Å². The first-order valence-electron chi connectivity index (χ1n) is 10.6. The summed E-state index contributed by atoms with van der Waals surface area (Å²) in [4.78, 5) is 17.1. The molecule has 0 unspecified atom stereocenters. The highest BCUT2D eigenvalue weighted by molar-refractivity contribution is 7.14. The Bertz CT molecular complexity index is 1250. The molecule has 7 heteroatoms. The van der Waals surface area contributed by atoms with E-state index < -0.39 is 0 Å². The lowest BCUT2D eigenvalue weighted by Gasteiger charge is -2.04. The van der Waals surface area contributed by atoms with E-state index in [-0.39, 0.29) is 5.91 Å². The number of aromatic nitrogens is 1. The number of rotatable bonds is 8. The summed E-state index contributed by atoms with van der Waals surface area (Å²) in [6.45, 7) is 4.59. The van der Waals surface area contributed by atoms with E-state index in [1.807, 2.05) is 60.8 Å². The minimum absolute atomic E-state index is 0.279. The molecule has 0 aliphatic rings. The van der Waals surface area contributed by atoms with Crippen molar-refractivity contribution in [2.75, 3.05) is 11.9 Å². The first-order chi connectivity index (χ1) is 16.1. The van der Waals surface area contributed by atoms with Crippen molar-refractivity contribution < 1.29 is 9.53 Å². The van der Waals surface area contributed by atoms with Crippen molar-refractivity contribution in [3.05, 3.63) is 94.9 Å². The van der Waals surface area contributed by atoms with E-state index in [1.54, 1.807) is 18.3 Å². The standard InChI is InChI=1S/C26H24N4O2S/c1-3-32-23-6-4-5-19(15-23)16-27-30-25(31)21-11-9-20(10-12-21)24-17-33-26(29-24)28-22-13-7-18(2)8-14-22/h4-17H,3H2,1-2H3,(H,28,29)(H,30,31)/b27-16-. The highest BCUT2D eigenvalue weighted by Crippen LogP contribution is 2.27. The molecule has 4 rings (SSSR count). The van der Waals surface area contributed by atoms with Gasteiger partial charge in [-0.15, -0.1) is 11.3 Å². The van der Waals surface area contributed by atoms with Crippen LogP contribution in [0.25, 0.3) is 11.3 Å². The van der Waals surface area contributed by atoms with Gasteiger partial charge in [-0.25, -0.2) is 10.4 Å². The topological polar surface area (TPSA) is 75.6 Å². The smallest absolute Gasteiger partial charge is 0.271 e. The van der Waals surface area contributed by atoms with Gasteiger partial charge in [-0.05, 0) is 55.8 Å². The van der Waals surface area contributed by atoms with Crippen molar-refractivity contribution in [2.45, 2.75) is 13.8 Å². The van der Waals surface area contributed by atoms with Gasteiger partial charge in [0.1, 0.15) is 5.75 Å². The number of ether oxygens (including phenoxy) is 1. The quantitative estimate of drug-likeness (QED) is 0.251. The van der Waals surface area contributed by atoms with Gasteiger partial charge in [0, 0.05) is 22.2 Å². The molecule has 1 aromatic heterocycles. The fraction of sp³-hybridized carbons (Fsp3) is 0.115. The van der Waals surface area contributed by atoms with Gasteiger partial charge in [0.25, 0.3) is 5.91 Å². The molecule has 0 bridgehead atoms. The number of carbonyl (C=O) groups excluding carboxylic acids is 1. The van der Waals surface area contributed by atoms with Crippen molar-refractivity contribution >= 4 is 34.3 Å². The number of amides is 1. The van der Waals surface area contributed by atoms with Crippen LogP contribution in [0.2, 0.25) is 0 Å². The van der Waals surface area contributed by atoms with Crippen LogP contribution in [0.4, 0.5) is 10.8 Å². The third-order valence-electron chi connectivity index (χ3n) is 4.80. The van der Waals surface area contributed by atoms with E-state index in [4.69, 9.17) is 4.74 Å². The second kappa shape index (κ2) is 10.6. The number of hydrogen-bond acceptors (Lipinski definition) is 6. The second-order valence-corrected chi connectivity index (χ2v) is 8.17. The average molecular weight is 457 g/mol. The molecular formula is C26H24N4O2S. The summed E-state index contributed by atoms with van der Waals surface area (Å²) in [6, 6.07) is 23.0. The van der Waals surface area contributed by atoms with Gasteiger partial charge in [-0.1, -0.05) is 42.0 Å². The fourth-order valence-electron chi connectivity index (χ4n) is 3.10. The van der Waals surface area contributed by atoms with E-state index >= 15 is 0 Å². The summed E-state index contributed by atoms with van der Waals surface area (Å²) in [7, 11) is 0. The monoisotopic (exact) mass is 456 g/mol. The molecular weight excluding hydrogens is 432 g/mol. The van der Waals surface area contributed by atoms with Gasteiger partial charge in [0.05, 0.1) is 18.5 Å². The minimum Gasteiger partial charge on any atom is -0.494 e. The normalized spacial score (nSPS) is 10.8. The predicted octanol–water partition coefficient (Wildman–Crippen LogP) is 6.02. The fourth-order valence-corrected chi connectivity index (χ4v) is 3.84. The van der Waals surface area contributed by atoms with E-state index in [1.165, 1.54) is 16.9 Å². The van der Waals surface area contributed by atoms with Gasteiger partial charge in [-0.2, -0.15) is 5.10 Å². The van der Waals surface area contributed by atoms with Crippen LogP contribution in [0.15, 0.2) is 83.3 Å². The highest BCUT2D eigenvalue weighted by Gasteiger charge is 2.08. The molecule has 1 amide bonds. The third kappa shape index (κ3) is 6.05. The van der Waals surface area contributed by atoms with Crippen LogP contribution < -0.4 is 15.5 Å². The molecule has 6 nitrogen and oxygen atoms in total. The van der Waals surface area contributed by atoms with E-state index in [0.29, 0.717) is 12.2 Å². The first-order valence-corrected chi connectivity index (χ1v) is 11.4. The molecule has 0 saturated heterocycles. The van der Waals surface area contributed by atoms with E-state index in [9.17, 15) is 4.79 Å². The Kier molecular flexibility index (Phi) is 7.12. The van der Waals surface area contributed by atoms with Crippen molar-refractivity contribution in [1.82, 2.24) is 10.4 Å². The Morgan fingerprint density at radius 2 is 1.88 bits per heavy atom. The number of carbonyl (C=O) groups is 1. The van der Waals surface area contributed by atoms with E-state index in [2.05, 4.69) is 39.9 Å².